The Bertz CT molecular complexity index is 1080. The summed E-state index contributed by atoms with van der Waals surface area (Å²) in [4.78, 5) is 17.9. The van der Waals surface area contributed by atoms with E-state index in [1.165, 1.54) is 11.3 Å². The standard InChI is InChI=1S/C20H14ClN3O3S/c21-13-8-9-16(15(11-13)20(25)22-14-5-2-1-3-6-14)26-12-18-23-19(24-27-18)17-7-4-10-28-17/h1-11H,12H2,(H,22,25). The number of nitrogens with zero attached hydrogens (tertiary/aromatic N) is 2. The van der Waals surface area contributed by atoms with Crippen molar-refractivity contribution in [3.63, 3.8) is 0 Å². The van der Waals surface area contributed by atoms with Gasteiger partial charge in [-0.1, -0.05) is 41.0 Å². The Kier molecular flexibility index (Phi) is 5.36. The van der Waals surface area contributed by atoms with Gasteiger partial charge < -0.3 is 14.6 Å². The Morgan fingerprint density at radius 1 is 1.14 bits per heavy atom. The van der Waals surface area contributed by atoms with Gasteiger partial charge in [0, 0.05) is 10.7 Å². The van der Waals surface area contributed by atoms with Gasteiger partial charge in [-0.15, -0.1) is 11.3 Å². The zero-order valence-electron chi connectivity index (χ0n) is 14.5. The van der Waals surface area contributed by atoms with Gasteiger partial charge in [-0.2, -0.15) is 4.98 Å². The SMILES string of the molecule is O=C(Nc1ccccc1)c1cc(Cl)ccc1OCc1nc(-c2cccs2)no1. The number of hydrogen-bond donors (Lipinski definition) is 1. The summed E-state index contributed by atoms with van der Waals surface area (Å²) in [5.41, 5.74) is 0.991. The van der Waals surface area contributed by atoms with Crippen LogP contribution in [0.1, 0.15) is 16.2 Å². The molecule has 0 radical (unpaired) electrons. The number of thiophene rings is 1. The molecule has 0 bridgehead atoms. The number of benzene rings is 2. The molecule has 1 N–H and O–H groups in total. The first-order valence-electron chi connectivity index (χ1n) is 8.34. The number of carbonyl (C=O) groups excluding carboxylic acids is 1. The second-order valence-corrected chi connectivity index (χ2v) is 7.12. The summed E-state index contributed by atoms with van der Waals surface area (Å²) in [5.74, 6) is 0.863. The van der Waals surface area contributed by atoms with Crippen LogP contribution in [0.3, 0.4) is 0 Å². The van der Waals surface area contributed by atoms with Gasteiger partial charge in [0.2, 0.25) is 5.82 Å². The van der Waals surface area contributed by atoms with Crippen molar-refractivity contribution in [1.82, 2.24) is 10.1 Å². The van der Waals surface area contributed by atoms with Gasteiger partial charge in [0.25, 0.3) is 11.8 Å². The van der Waals surface area contributed by atoms with Crippen LogP contribution in [-0.2, 0) is 6.61 Å². The molecule has 0 saturated carbocycles. The van der Waals surface area contributed by atoms with E-state index >= 15 is 0 Å². The molecule has 2 aromatic heterocycles. The van der Waals surface area contributed by atoms with Crippen LogP contribution in [0, 0.1) is 0 Å². The Hall–Kier alpha value is -3.16. The fourth-order valence-electron chi connectivity index (χ4n) is 2.48. The molecule has 2 aromatic carbocycles. The van der Waals surface area contributed by atoms with Gasteiger partial charge in [-0.05, 0) is 41.8 Å². The van der Waals surface area contributed by atoms with Crippen LogP contribution < -0.4 is 10.1 Å². The lowest BCUT2D eigenvalue weighted by atomic mass is 10.2. The van der Waals surface area contributed by atoms with Crippen molar-refractivity contribution in [1.29, 1.82) is 0 Å². The average molecular weight is 412 g/mol. The van der Waals surface area contributed by atoms with Crippen molar-refractivity contribution < 1.29 is 14.1 Å². The third-order valence-electron chi connectivity index (χ3n) is 3.78. The maximum Gasteiger partial charge on any atom is 0.264 e. The van der Waals surface area contributed by atoms with E-state index < -0.39 is 0 Å². The van der Waals surface area contributed by atoms with Crippen molar-refractivity contribution in [2.45, 2.75) is 6.61 Å². The van der Waals surface area contributed by atoms with Crippen molar-refractivity contribution >= 4 is 34.5 Å². The van der Waals surface area contributed by atoms with Gasteiger partial charge >= 0.3 is 0 Å². The number of halogens is 1. The number of nitrogens with one attached hydrogen (secondary N) is 1. The molecule has 8 heteroatoms. The Morgan fingerprint density at radius 3 is 2.79 bits per heavy atom. The van der Waals surface area contributed by atoms with Gasteiger partial charge in [0.05, 0.1) is 10.4 Å². The summed E-state index contributed by atoms with van der Waals surface area (Å²) in [6.07, 6.45) is 0. The molecule has 2 heterocycles. The number of rotatable bonds is 6. The van der Waals surface area contributed by atoms with Gasteiger partial charge in [-0.3, -0.25) is 4.79 Å². The molecule has 6 nitrogen and oxygen atoms in total. The third-order valence-corrected chi connectivity index (χ3v) is 4.88. The number of carbonyl (C=O) groups is 1. The minimum atomic E-state index is -0.325. The highest BCUT2D eigenvalue weighted by Gasteiger charge is 2.16. The van der Waals surface area contributed by atoms with Crippen LogP contribution in [0.5, 0.6) is 5.75 Å². The highest BCUT2D eigenvalue weighted by Crippen LogP contribution is 2.26. The maximum absolute atomic E-state index is 12.7. The lowest BCUT2D eigenvalue weighted by Crippen LogP contribution is -2.13. The predicted molar refractivity (Wildman–Crippen MR) is 108 cm³/mol. The summed E-state index contributed by atoms with van der Waals surface area (Å²) in [6.45, 7) is 0.0334. The maximum atomic E-state index is 12.7. The van der Waals surface area contributed by atoms with Gasteiger partial charge in [0.15, 0.2) is 6.61 Å². The number of aromatic nitrogens is 2. The molecule has 28 heavy (non-hydrogen) atoms. The largest absolute Gasteiger partial charge is 0.483 e. The van der Waals surface area contributed by atoms with Crippen molar-refractivity contribution in [3.05, 3.63) is 82.5 Å². The molecule has 140 valence electrons. The normalized spacial score (nSPS) is 10.6. The second kappa shape index (κ2) is 8.24. The van der Waals surface area contributed by atoms with Crippen molar-refractivity contribution in [2.75, 3.05) is 5.32 Å². The van der Waals surface area contributed by atoms with Crippen LogP contribution in [0.15, 0.2) is 70.6 Å². The first-order chi connectivity index (χ1) is 13.7. The second-order valence-electron chi connectivity index (χ2n) is 5.74. The smallest absolute Gasteiger partial charge is 0.264 e. The average Bonchev–Trinajstić information content (AvgIpc) is 3.39. The molecule has 0 atom stereocenters. The molecule has 0 aliphatic rings. The molecule has 0 saturated heterocycles. The first kappa shape index (κ1) is 18.2. The summed E-state index contributed by atoms with van der Waals surface area (Å²) >= 11 is 7.59. The first-order valence-corrected chi connectivity index (χ1v) is 9.60. The van der Waals surface area contributed by atoms with Crippen LogP contribution in [0.2, 0.25) is 5.02 Å². The molecular formula is C20H14ClN3O3S. The minimum absolute atomic E-state index is 0.0334. The van der Waals surface area contributed by atoms with E-state index in [9.17, 15) is 4.79 Å². The fraction of sp³-hybridized carbons (Fsp3) is 0.0500. The van der Waals surface area contributed by atoms with Gasteiger partial charge in [0.1, 0.15) is 5.75 Å². The molecular weight excluding hydrogens is 398 g/mol. The summed E-state index contributed by atoms with van der Waals surface area (Å²) in [6, 6.07) is 17.8. The Balaban J connectivity index is 1.49. The lowest BCUT2D eigenvalue weighted by molar-refractivity contribution is 0.102. The molecule has 0 fully saturated rings. The molecule has 0 aliphatic carbocycles. The number of anilines is 1. The monoisotopic (exact) mass is 411 g/mol. The van der Waals surface area contributed by atoms with Crippen molar-refractivity contribution in [3.8, 4) is 16.5 Å². The molecule has 4 rings (SSSR count). The quantitative estimate of drug-likeness (QED) is 0.467. The Morgan fingerprint density at radius 2 is 2.00 bits per heavy atom. The molecule has 0 unspecified atom stereocenters. The molecule has 1 amide bonds. The van der Waals surface area contributed by atoms with E-state index in [1.807, 2.05) is 35.7 Å². The van der Waals surface area contributed by atoms with Gasteiger partial charge in [-0.25, -0.2) is 0 Å². The van der Waals surface area contributed by atoms with Crippen LogP contribution in [0.4, 0.5) is 5.69 Å². The molecule has 4 aromatic rings. The van der Waals surface area contributed by atoms with E-state index in [-0.39, 0.29) is 12.5 Å². The third kappa shape index (κ3) is 4.21. The van der Waals surface area contributed by atoms with E-state index in [0.717, 1.165) is 4.88 Å². The highest BCUT2D eigenvalue weighted by molar-refractivity contribution is 7.13. The number of para-hydroxylation sites is 1. The minimum Gasteiger partial charge on any atom is -0.483 e. The van der Waals surface area contributed by atoms with Crippen LogP contribution in [-0.4, -0.2) is 16.0 Å². The van der Waals surface area contributed by atoms with Crippen LogP contribution in [0.25, 0.3) is 10.7 Å². The fourth-order valence-corrected chi connectivity index (χ4v) is 3.31. The van der Waals surface area contributed by atoms with E-state index in [4.69, 9.17) is 20.9 Å². The lowest BCUT2D eigenvalue weighted by Gasteiger charge is -2.11. The Labute approximate surface area is 169 Å². The zero-order chi connectivity index (χ0) is 19.3. The number of amides is 1. The van der Waals surface area contributed by atoms with E-state index in [0.29, 0.717) is 33.7 Å². The van der Waals surface area contributed by atoms with Crippen LogP contribution >= 0.6 is 22.9 Å². The predicted octanol–water partition coefficient (Wildman–Crippen LogP) is 5.28. The molecule has 0 aliphatic heterocycles. The molecule has 0 spiro atoms. The zero-order valence-corrected chi connectivity index (χ0v) is 16.0. The topological polar surface area (TPSA) is 77.2 Å². The number of ether oxygens (including phenoxy) is 1. The summed E-state index contributed by atoms with van der Waals surface area (Å²) in [7, 11) is 0. The van der Waals surface area contributed by atoms with Crippen molar-refractivity contribution in [2.24, 2.45) is 0 Å². The van der Waals surface area contributed by atoms with E-state index in [1.54, 1.807) is 30.3 Å². The number of hydrogen-bond acceptors (Lipinski definition) is 6. The summed E-state index contributed by atoms with van der Waals surface area (Å²) in [5, 5.41) is 9.13. The van der Waals surface area contributed by atoms with E-state index in [2.05, 4.69) is 15.5 Å². The highest BCUT2D eigenvalue weighted by atomic mass is 35.5. The summed E-state index contributed by atoms with van der Waals surface area (Å²) < 4.78 is 11.0.